The summed E-state index contributed by atoms with van der Waals surface area (Å²) in [4.78, 5) is 12.1. The van der Waals surface area contributed by atoms with E-state index in [1.54, 1.807) is 0 Å². The van der Waals surface area contributed by atoms with Gasteiger partial charge >= 0.3 is 0 Å². The van der Waals surface area contributed by atoms with Crippen LogP contribution in [0.2, 0.25) is 0 Å². The fourth-order valence-corrected chi connectivity index (χ4v) is 2.30. The molecule has 0 radical (unpaired) electrons. The van der Waals surface area contributed by atoms with Crippen molar-refractivity contribution in [2.75, 3.05) is 5.32 Å². The van der Waals surface area contributed by atoms with Gasteiger partial charge in [0.05, 0.1) is 6.42 Å². The third-order valence-corrected chi connectivity index (χ3v) is 3.63. The van der Waals surface area contributed by atoms with Crippen LogP contribution in [0.25, 0.3) is 0 Å². The standard InChI is InChI=1S/C19H23NO/c1-3-4-8-16-10-12-17(13-11-16)14-19(21)20-18-9-6-5-7-15(18)2/h5-7,9-13H,3-4,8,14H2,1-2H3,(H,20,21). The summed E-state index contributed by atoms with van der Waals surface area (Å²) in [6, 6.07) is 16.2. The largest absolute Gasteiger partial charge is 0.326 e. The van der Waals surface area contributed by atoms with Gasteiger partial charge in [-0.15, -0.1) is 0 Å². The summed E-state index contributed by atoms with van der Waals surface area (Å²) in [5.41, 5.74) is 4.38. The van der Waals surface area contributed by atoms with Gasteiger partial charge in [0.25, 0.3) is 0 Å². The van der Waals surface area contributed by atoms with Crippen molar-refractivity contribution in [1.29, 1.82) is 0 Å². The van der Waals surface area contributed by atoms with Crippen LogP contribution in [0.5, 0.6) is 0 Å². The van der Waals surface area contributed by atoms with E-state index < -0.39 is 0 Å². The van der Waals surface area contributed by atoms with E-state index in [0.29, 0.717) is 6.42 Å². The molecule has 2 aromatic rings. The van der Waals surface area contributed by atoms with Gasteiger partial charge < -0.3 is 5.32 Å². The Morgan fingerprint density at radius 1 is 1.00 bits per heavy atom. The predicted octanol–water partition coefficient (Wildman–Crippen LogP) is 4.52. The molecule has 0 spiro atoms. The Balaban J connectivity index is 1.92. The number of amides is 1. The number of benzene rings is 2. The molecule has 0 aliphatic carbocycles. The van der Waals surface area contributed by atoms with E-state index in [1.807, 2.05) is 31.2 Å². The second-order valence-corrected chi connectivity index (χ2v) is 5.46. The highest BCUT2D eigenvalue weighted by Gasteiger charge is 2.05. The molecule has 0 aromatic heterocycles. The van der Waals surface area contributed by atoms with Crippen molar-refractivity contribution >= 4 is 11.6 Å². The van der Waals surface area contributed by atoms with Crippen molar-refractivity contribution in [3.63, 3.8) is 0 Å². The van der Waals surface area contributed by atoms with Crippen molar-refractivity contribution in [3.8, 4) is 0 Å². The number of unbranched alkanes of at least 4 members (excludes halogenated alkanes) is 1. The summed E-state index contributed by atoms with van der Waals surface area (Å²) in [7, 11) is 0. The van der Waals surface area contributed by atoms with E-state index in [2.05, 4.69) is 36.5 Å². The Morgan fingerprint density at radius 2 is 1.67 bits per heavy atom. The lowest BCUT2D eigenvalue weighted by atomic mass is 10.0. The molecule has 0 bridgehead atoms. The molecule has 0 saturated heterocycles. The molecule has 2 rings (SSSR count). The molecule has 0 heterocycles. The molecule has 0 atom stereocenters. The minimum Gasteiger partial charge on any atom is -0.326 e. The van der Waals surface area contributed by atoms with Crippen LogP contribution in [0.4, 0.5) is 5.69 Å². The molecule has 0 fully saturated rings. The molecular formula is C19H23NO. The third kappa shape index (κ3) is 4.75. The number of para-hydroxylation sites is 1. The number of anilines is 1. The topological polar surface area (TPSA) is 29.1 Å². The van der Waals surface area contributed by atoms with Crippen LogP contribution in [0, 0.1) is 6.92 Å². The number of carbonyl (C=O) groups is 1. The molecule has 0 saturated carbocycles. The summed E-state index contributed by atoms with van der Waals surface area (Å²) < 4.78 is 0. The van der Waals surface area contributed by atoms with E-state index in [1.165, 1.54) is 18.4 Å². The zero-order chi connectivity index (χ0) is 15.1. The Hall–Kier alpha value is -2.09. The number of hydrogen-bond acceptors (Lipinski definition) is 1. The van der Waals surface area contributed by atoms with Gasteiger partial charge in [0.2, 0.25) is 5.91 Å². The molecule has 1 amide bonds. The van der Waals surface area contributed by atoms with Crippen LogP contribution in [-0.2, 0) is 17.6 Å². The molecule has 2 aromatic carbocycles. The number of aryl methyl sites for hydroxylation is 2. The number of rotatable bonds is 6. The molecular weight excluding hydrogens is 258 g/mol. The normalized spacial score (nSPS) is 10.4. The quantitative estimate of drug-likeness (QED) is 0.828. The molecule has 21 heavy (non-hydrogen) atoms. The average molecular weight is 281 g/mol. The number of nitrogens with one attached hydrogen (secondary N) is 1. The zero-order valence-electron chi connectivity index (χ0n) is 12.9. The lowest BCUT2D eigenvalue weighted by Gasteiger charge is -2.08. The minimum absolute atomic E-state index is 0.0330. The van der Waals surface area contributed by atoms with E-state index in [9.17, 15) is 4.79 Å². The lowest BCUT2D eigenvalue weighted by Crippen LogP contribution is -2.15. The Kier molecular flexibility index (Phi) is 5.56. The second-order valence-electron chi connectivity index (χ2n) is 5.46. The predicted molar refractivity (Wildman–Crippen MR) is 88.6 cm³/mol. The monoisotopic (exact) mass is 281 g/mol. The Morgan fingerprint density at radius 3 is 2.33 bits per heavy atom. The highest BCUT2D eigenvalue weighted by molar-refractivity contribution is 5.92. The maximum Gasteiger partial charge on any atom is 0.228 e. The average Bonchev–Trinajstić information content (AvgIpc) is 2.49. The third-order valence-electron chi connectivity index (χ3n) is 3.63. The highest BCUT2D eigenvalue weighted by Crippen LogP contribution is 2.14. The maximum absolute atomic E-state index is 12.1. The summed E-state index contributed by atoms with van der Waals surface area (Å²) >= 11 is 0. The van der Waals surface area contributed by atoms with Gasteiger partial charge in [-0.25, -0.2) is 0 Å². The summed E-state index contributed by atoms with van der Waals surface area (Å²) in [5.74, 6) is 0.0330. The fourth-order valence-electron chi connectivity index (χ4n) is 2.30. The van der Waals surface area contributed by atoms with E-state index in [0.717, 1.165) is 23.2 Å². The van der Waals surface area contributed by atoms with Gasteiger partial charge in [-0.3, -0.25) is 4.79 Å². The first-order valence-corrected chi connectivity index (χ1v) is 7.62. The molecule has 2 heteroatoms. The number of hydrogen-bond donors (Lipinski definition) is 1. The van der Waals surface area contributed by atoms with Crippen LogP contribution >= 0.6 is 0 Å². The Labute approximate surface area is 127 Å². The zero-order valence-corrected chi connectivity index (χ0v) is 12.9. The first-order chi connectivity index (χ1) is 10.2. The molecule has 0 aliphatic heterocycles. The van der Waals surface area contributed by atoms with Gasteiger partial charge in [0, 0.05) is 5.69 Å². The molecule has 0 aliphatic rings. The van der Waals surface area contributed by atoms with E-state index >= 15 is 0 Å². The lowest BCUT2D eigenvalue weighted by molar-refractivity contribution is -0.115. The summed E-state index contributed by atoms with van der Waals surface area (Å²) in [5, 5.41) is 2.97. The van der Waals surface area contributed by atoms with E-state index in [4.69, 9.17) is 0 Å². The second kappa shape index (κ2) is 7.63. The van der Waals surface area contributed by atoms with Crippen LogP contribution in [-0.4, -0.2) is 5.91 Å². The van der Waals surface area contributed by atoms with Gasteiger partial charge in [0.1, 0.15) is 0 Å². The molecule has 2 nitrogen and oxygen atoms in total. The summed E-state index contributed by atoms with van der Waals surface area (Å²) in [6.45, 7) is 4.20. The first kappa shape index (κ1) is 15.3. The Bertz CT molecular complexity index is 587. The molecule has 0 unspecified atom stereocenters. The van der Waals surface area contributed by atoms with Gasteiger partial charge in [-0.05, 0) is 42.5 Å². The number of carbonyl (C=O) groups excluding carboxylic acids is 1. The first-order valence-electron chi connectivity index (χ1n) is 7.62. The highest BCUT2D eigenvalue weighted by atomic mass is 16.1. The molecule has 110 valence electrons. The van der Waals surface area contributed by atoms with Crippen LogP contribution in [0.3, 0.4) is 0 Å². The minimum atomic E-state index is 0.0330. The fraction of sp³-hybridized carbons (Fsp3) is 0.316. The van der Waals surface area contributed by atoms with Crippen LogP contribution in [0.15, 0.2) is 48.5 Å². The van der Waals surface area contributed by atoms with Crippen molar-refractivity contribution in [2.24, 2.45) is 0 Å². The van der Waals surface area contributed by atoms with E-state index in [-0.39, 0.29) is 5.91 Å². The van der Waals surface area contributed by atoms with Crippen LogP contribution < -0.4 is 5.32 Å². The van der Waals surface area contributed by atoms with Crippen LogP contribution in [0.1, 0.15) is 36.5 Å². The van der Waals surface area contributed by atoms with Crippen molar-refractivity contribution in [2.45, 2.75) is 39.5 Å². The van der Waals surface area contributed by atoms with Gasteiger partial charge in [-0.1, -0.05) is 55.8 Å². The van der Waals surface area contributed by atoms with Gasteiger partial charge in [-0.2, -0.15) is 0 Å². The summed E-state index contributed by atoms with van der Waals surface area (Å²) in [6.07, 6.45) is 3.96. The van der Waals surface area contributed by atoms with Crippen molar-refractivity contribution < 1.29 is 4.79 Å². The van der Waals surface area contributed by atoms with Crippen molar-refractivity contribution in [1.82, 2.24) is 0 Å². The molecule has 1 N–H and O–H groups in total. The van der Waals surface area contributed by atoms with Crippen molar-refractivity contribution in [3.05, 3.63) is 65.2 Å². The maximum atomic E-state index is 12.1. The SMILES string of the molecule is CCCCc1ccc(CC(=O)Nc2ccccc2C)cc1. The van der Waals surface area contributed by atoms with Gasteiger partial charge in [0.15, 0.2) is 0 Å². The smallest absolute Gasteiger partial charge is 0.228 e.